The van der Waals surface area contributed by atoms with Crippen LogP contribution in [0.25, 0.3) is 0 Å². The molecule has 2 N–H and O–H groups in total. The van der Waals surface area contributed by atoms with Crippen molar-refractivity contribution >= 4 is 11.6 Å². The smallest absolute Gasteiger partial charge is 0.252 e. The van der Waals surface area contributed by atoms with Crippen LogP contribution >= 0.6 is 0 Å². The van der Waals surface area contributed by atoms with Crippen LogP contribution in [-0.4, -0.2) is 17.4 Å². The molecule has 1 atom stereocenters. The molecule has 0 bridgehead atoms. The van der Waals surface area contributed by atoms with E-state index in [-0.39, 0.29) is 17.8 Å². The van der Waals surface area contributed by atoms with E-state index in [4.69, 9.17) is 0 Å². The zero-order valence-corrected chi connectivity index (χ0v) is 15.2. The fraction of sp³-hybridized carbons (Fsp3) is 0.182. The summed E-state index contributed by atoms with van der Waals surface area (Å²) in [4.78, 5) is 16.5. The van der Waals surface area contributed by atoms with Gasteiger partial charge in [-0.3, -0.25) is 9.78 Å². The van der Waals surface area contributed by atoms with Crippen molar-refractivity contribution in [3.05, 3.63) is 95.6 Å². The van der Waals surface area contributed by atoms with Crippen molar-refractivity contribution in [2.75, 3.05) is 11.9 Å². The minimum absolute atomic E-state index is 0.0902. The number of aromatic nitrogens is 1. The Morgan fingerprint density at radius 1 is 1.07 bits per heavy atom. The summed E-state index contributed by atoms with van der Waals surface area (Å²) in [6, 6.07) is 18.5. The number of rotatable bonds is 7. The highest BCUT2D eigenvalue weighted by molar-refractivity contribution is 5.94. The number of carbonyl (C=O) groups is 1. The molecule has 4 nitrogen and oxygen atoms in total. The number of pyridine rings is 1. The van der Waals surface area contributed by atoms with Crippen molar-refractivity contribution < 1.29 is 9.18 Å². The average Bonchev–Trinajstić information content (AvgIpc) is 2.70. The van der Waals surface area contributed by atoms with E-state index in [1.54, 1.807) is 30.5 Å². The molecule has 1 heterocycles. The topological polar surface area (TPSA) is 54.0 Å². The highest BCUT2D eigenvalue weighted by Gasteiger charge is 2.10. The van der Waals surface area contributed by atoms with Gasteiger partial charge in [0, 0.05) is 25.0 Å². The van der Waals surface area contributed by atoms with Gasteiger partial charge in [0.25, 0.3) is 5.91 Å². The van der Waals surface area contributed by atoms with Crippen LogP contribution in [0.2, 0.25) is 0 Å². The summed E-state index contributed by atoms with van der Waals surface area (Å²) in [5.74, 6) is -0.482. The molecule has 0 radical (unpaired) electrons. The molecule has 0 saturated heterocycles. The third-order valence-corrected chi connectivity index (χ3v) is 4.32. The Morgan fingerprint density at radius 2 is 1.81 bits per heavy atom. The molecule has 27 heavy (non-hydrogen) atoms. The van der Waals surface area contributed by atoms with Gasteiger partial charge in [0.05, 0.1) is 11.3 Å². The van der Waals surface area contributed by atoms with Crippen LogP contribution in [-0.2, 0) is 6.42 Å². The predicted octanol–water partition coefficient (Wildman–Crippen LogP) is 4.37. The zero-order valence-electron chi connectivity index (χ0n) is 15.2. The van der Waals surface area contributed by atoms with Crippen molar-refractivity contribution in [3.8, 4) is 0 Å². The first-order chi connectivity index (χ1) is 13.1. The molecule has 0 saturated carbocycles. The van der Waals surface area contributed by atoms with Gasteiger partial charge in [-0.25, -0.2) is 4.39 Å². The van der Waals surface area contributed by atoms with E-state index < -0.39 is 0 Å². The standard InChI is InChI=1S/C22H22FN3O/c1-16(17-7-3-2-4-8-17)26-20-13-19(14-24-15-20)22(27)25-12-11-18-9-5-6-10-21(18)23/h2-10,13-16,26H,11-12H2,1H3,(H,25,27). The van der Waals surface area contributed by atoms with Crippen molar-refractivity contribution in [3.63, 3.8) is 0 Å². The Bertz CT molecular complexity index is 899. The van der Waals surface area contributed by atoms with Gasteiger partial charge in [-0.15, -0.1) is 0 Å². The molecule has 1 amide bonds. The minimum atomic E-state index is -0.255. The van der Waals surface area contributed by atoms with Crippen LogP contribution in [0, 0.1) is 5.82 Å². The molecule has 0 aliphatic rings. The number of halogens is 1. The molecule has 1 aromatic heterocycles. The van der Waals surface area contributed by atoms with Gasteiger partial charge < -0.3 is 10.6 Å². The van der Waals surface area contributed by atoms with Gasteiger partial charge in [0.15, 0.2) is 0 Å². The van der Waals surface area contributed by atoms with E-state index in [2.05, 4.69) is 22.5 Å². The third-order valence-electron chi connectivity index (χ3n) is 4.32. The maximum absolute atomic E-state index is 13.6. The van der Waals surface area contributed by atoms with Gasteiger partial charge in [0.1, 0.15) is 5.82 Å². The number of nitrogens with zero attached hydrogens (tertiary/aromatic N) is 1. The summed E-state index contributed by atoms with van der Waals surface area (Å²) in [6.07, 6.45) is 3.65. The molecule has 5 heteroatoms. The Labute approximate surface area is 158 Å². The third kappa shape index (κ3) is 5.14. The molecule has 3 rings (SSSR count). The minimum Gasteiger partial charge on any atom is -0.377 e. The van der Waals surface area contributed by atoms with E-state index in [1.165, 1.54) is 12.3 Å². The van der Waals surface area contributed by atoms with Gasteiger partial charge in [-0.1, -0.05) is 48.5 Å². The molecule has 0 aliphatic carbocycles. The summed E-state index contributed by atoms with van der Waals surface area (Å²) in [7, 11) is 0. The fourth-order valence-electron chi connectivity index (χ4n) is 2.83. The molecule has 0 spiro atoms. The largest absolute Gasteiger partial charge is 0.377 e. The van der Waals surface area contributed by atoms with Crippen molar-refractivity contribution in [1.82, 2.24) is 10.3 Å². The number of nitrogens with one attached hydrogen (secondary N) is 2. The summed E-state index contributed by atoms with van der Waals surface area (Å²) >= 11 is 0. The van der Waals surface area contributed by atoms with Crippen LogP contribution in [0.1, 0.15) is 34.5 Å². The number of hydrogen-bond acceptors (Lipinski definition) is 3. The first-order valence-electron chi connectivity index (χ1n) is 8.91. The van der Waals surface area contributed by atoms with Crippen molar-refractivity contribution in [2.45, 2.75) is 19.4 Å². The summed E-state index contributed by atoms with van der Waals surface area (Å²) in [5.41, 5.74) is 2.97. The quantitative estimate of drug-likeness (QED) is 0.655. The van der Waals surface area contributed by atoms with Gasteiger partial charge in [0.2, 0.25) is 0 Å². The molecule has 0 aliphatic heterocycles. The molecular weight excluding hydrogens is 341 g/mol. The Kier molecular flexibility index (Phi) is 6.15. The first-order valence-corrected chi connectivity index (χ1v) is 8.91. The summed E-state index contributed by atoms with van der Waals surface area (Å²) in [5, 5.41) is 6.16. The second-order valence-electron chi connectivity index (χ2n) is 6.34. The Morgan fingerprint density at radius 3 is 2.59 bits per heavy atom. The average molecular weight is 363 g/mol. The highest BCUT2D eigenvalue weighted by Crippen LogP contribution is 2.19. The maximum Gasteiger partial charge on any atom is 0.252 e. The van der Waals surface area contributed by atoms with E-state index in [9.17, 15) is 9.18 Å². The second-order valence-corrected chi connectivity index (χ2v) is 6.34. The normalized spacial score (nSPS) is 11.6. The number of carbonyl (C=O) groups excluding carboxylic acids is 1. The summed E-state index contributed by atoms with van der Waals surface area (Å²) in [6.45, 7) is 2.41. The monoisotopic (exact) mass is 363 g/mol. The number of benzene rings is 2. The van der Waals surface area contributed by atoms with Crippen molar-refractivity contribution in [2.24, 2.45) is 0 Å². The molecule has 1 unspecified atom stereocenters. The predicted molar refractivity (Wildman–Crippen MR) is 105 cm³/mol. The van der Waals surface area contributed by atoms with Gasteiger partial charge >= 0.3 is 0 Å². The molecular formula is C22H22FN3O. The zero-order chi connectivity index (χ0) is 19.1. The van der Waals surface area contributed by atoms with Gasteiger partial charge in [-0.2, -0.15) is 0 Å². The van der Waals surface area contributed by atoms with Crippen LogP contribution in [0.4, 0.5) is 10.1 Å². The number of anilines is 1. The lowest BCUT2D eigenvalue weighted by Gasteiger charge is -2.16. The summed E-state index contributed by atoms with van der Waals surface area (Å²) < 4.78 is 13.6. The first kappa shape index (κ1) is 18.6. The number of hydrogen-bond donors (Lipinski definition) is 2. The van der Waals surface area contributed by atoms with Crippen LogP contribution in [0.15, 0.2) is 73.1 Å². The van der Waals surface area contributed by atoms with E-state index in [1.807, 2.05) is 30.3 Å². The van der Waals surface area contributed by atoms with E-state index >= 15 is 0 Å². The lowest BCUT2D eigenvalue weighted by atomic mass is 10.1. The SMILES string of the molecule is CC(Nc1cncc(C(=O)NCCc2ccccc2F)c1)c1ccccc1. The van der Waals surface area contributed by atoms with E-state index in [0.717, 1.165) is 11.3 Å². The molecule has 3 aromatic rings. The Balaban J connectivity index is 1.58. The molecule has 2 aromatic carbocycles. The van der Waals surface area contributed by atoms with Crippen LogP contribution in [0.3, 0.4) is 0 Å². The molecule has 138 valence electrons. The fourth-order valence-corrected chi connectivity index (χ4v) is 2.83. The van der Waals surface area contributed by atoms with Crippen molar-refractivity contribution in [1.29, 1.82) is 0 Å². The number of amides is 1. The van der Waals surface area contributed by atoms with Gasteiger partial charge in [-0.05, 0) is 36.6 Å². The lowest BCUT2D eigenvalue weighted by molar-refractivity contribution is 0.0953. The highest BCUT2D eigenvalue weighted by atomic mass is 19.1. The van der Waals surface area contributed by atoms with Crippen LogP contribution in [0.5, 0.6) is 0 Å². The second kappa shape index (κ2) is 8.94. The maximum atomic E-state index is 13.6. The van der Waals surface area contributed by atoms with Crippen LogP contribution < -0.4 is 10.6 Å². The molecule has 0 fully saturated rings. The lowest BCUT2D eigenvalue weighted by Crippen LogP contribution is -2.26. The van der Waals surface area contributed by atoms with E-state index in [0.29, 0.717) is 24.1 Å². The Hall–Kier alpha value is -3.21.